The second-order valence-electron chi connectivity index (χ2n) is 10.5. The van der Waals surface area contributed by atoms with Gasteiger partial charge >= 0.3 is 0 Å². The van der Waals surface area contributed by atoms with E-state index in [4.69, 9.17) is 16.3 Å². The van der Waals surface area contributed by atoms with E-state index in [1.807, 2.05) is 72.8 Å². The summed E-state index contributed by atoms with van der Waals surface area (Å²) in [6, 6.07) is 24.2. The van der Waals surface area contributed by atoms with Crippen LogP contribution in [0, 0.1) is 0 Å². The molecular weight excluding hydrogens is 496 g/mol. The summed E-state index contributed by atoms with van der Waals surface area (Å²) in [5.74, 6) is 0.143. The first-order valence-corrected chi connectivity index (χ1v) is 13.6. The minimum atomic E-state index is -0.718. The SMILES string of the molecule is CCCCNC(=O)C(Cc1ccccc1)N(Cc1ccccc1Cl)C(=O)COc1ccc(C(C)(C)C)cc1. The zero-order chi connectivity index (χ0) is 27.5. The third-order valence-corrected chi connectivity index (χ3v) is 6.85. The van der Waals surface area contributed by atoms with E-state index in [9.17, 15) is 9.59 Å². The summed E-state index contributed by atoms with van der Waals surface area (Å²) < 4.78 is 5.91. The number of nitrogens with zero attached hydrogens (tertiary/aromatic N) is 1. The molecule has 202 valence electrons. The van der Waals surface area contributed by atoms with Gasteiger partial charge in [-0.15, -0.1) is 0 Å². The summed E-state index contributed by atoms with van der Waals surface area (Å²) >= 11 is 6.47. The Balaban J connectivity index is 1.87. The number of rotatable bonds is 12. The summed E-state index contributed by atoms with van der Waals surface area (Å²) in [6.07, 6.45) is 2.22. The van der Waals surface area contributed by atoms with Crippen LogP contribution in [0.4, 0.5) is 0 Å². The molecule has 0 heterocycles. The van der Waals surface area contributed by atoms with Gasteiger partial charge in [0, 0.05) is 24.5 Å². The Bertz CT molecular complexity index is 1170. The van der Waals surface area contributed by atoms with Crippen LogP contribution in [0.5, 0.6) is 5.75 Å². The zero-order valence-corrected chi connectivity index (χ0v) is 23.6. The molecule has 0 bridgehead atoms. The van der Waals surface area contributed by atoms with Crippen molar-refractivity contribution >= 4 is 23.4 Å². The number of nitrogens with one attached hydrogen (secondary N) is 1. The van der Waals surface area contributed by atoms with E-state index in [0.717, 1.165) is 24.0 Å². The van der Waals surface area contributed by atoms with Crippen molar-refractivity contribution < 1.29 is 14.3 Å². The Morgan fingerprint density at radius 2 is 1.61 bits per heavy atom. The van der Waals surface area contributed by atoms with Gasteiger partial charge in [-0.3, -0.25) is 9.59 Å². The molecule has 3 aromatic carbocycles. The van der Waals surface area contributed by atoms with Crippen LogP contribution < -0.4 is 10.1 Å². The van der Waals surface area contributed by atoms with Crippen LogP contribution >= 0.6 is 11.6 Å². The number of hydrogen-bond donors (Lipinski definition) is 1. The number of ether oxygens (including phenoxy) is 1. The molecule has 0 aliphatic rings. The molecule has 0 saturated heterocycles. The maximum atomic E-state index is 13.7. The predicted molar refractivity (Wildman–Crippen MR) is 154 cm³/mol. The molecule has 3 aromatic rings. The highest BCUT2D eigenvalue weighted by molar-refractivity contribution is 6.31. The van der Waals surface area contributed by atoms with Crippen LogP contribution in [-0.4, -0.2) is 35.9 Å². The lowest BCUT2D eigenvalue weighted by Crippen LogP contribution is -2.51. The summed E-state index contributed by atoms with van der Waals surface area (Å²) in [4.78, 5) is 28.8. The lowest BCUT2D eigenvalue weighted by molar-refractivity contribution is -0.142. The van der Waals surface area contributed by atoms with E-state index in [0.29, 0.717) is 23.7 Å². The van der Waals surface area contributed by atoms with Crippen molar-refractivity contribution in [2.75, 3.05) is 13.2 Å². The lowest BCUT2D eigenvalue weighted by atomic mass is 9.87. The number of unbranched alkanes of at least 4 members (excludes halogenated alkanes) is 1. The second kappa shape index (κ2) is 14.0. The molecular formula is C32H39ClN2O3. The molecule has 2 amide bonds. The van der Waals surface area contributed by atoms with E-state index in [-0.39, 0.29) is 30.4 Å². The molecule has 0 radical (unpaired) electrons. The fourth-order valence-corrected chi connectivity index (χ4v) is 4.34. The average Bonchev–Trinajstić information content (AvgIpc) is 2.90. The van der Waals surface area contributed by atoms with Crippen molar-refractivity contribution in [2.45, 2.75) is 65.0 Å². The maximum absolute atomic E-state index is 13.7. The third-order valence-electron chi connectivity index (χ3n) is 6.48. The van der Waals surface area contributed by atoms with Gasteiger partial charge in [-0.2, -0.15) is 0 Å². The Morgan fingerprint density at radius 1 is 0.947 bits per heavy atom. The van der Waals surface area contributed by atoms with Crippen LogP contribution in [0.2, 0.25) is 5.02 Å². The van der Waals surface area contributed by atoms with Gasteiger partial charge in [0.1, 0.15) is 11.8 Å². The summed E-state index contributed by atoms with van der Waals surface area (Å²) in [5.41, 5.74) is 2.95. The quantitative estimate of drug-likeness (QED) is 0.267. The first-order chi connectivity index (χ1) is 18.2. The van der Waals surface area contributed by atoms with Gasteiger partial charge in [-0.1, -0.05) is 106 Å². The Labute approximate surface area is 232 Å². The Morgan fingerprint density at radius 3 is 2.24 bits per heavy atom. The standard InChI is InChI=1S/C32H39ClN2O3/c1-5-6-20-34-31(37)29(21-24-12-8-7-9-13-24)35(22-25-14-10-11-15-28(25)33)30(36)23-38-27-18-16-26(17-19-27)32(2,3)4/h7-19,29H,5-6,20-23H2,1-4H3,(H,34,37). The van der Waals surface area contributed by atoms with Crippen LogP contribution in [-0.2, 0) is 28.0 Å². The largest absolute Gasteiger partial charge is 0.484 e. The Kier molecular flexibility index (Phi) is 10.8. The third kappa shape index (κ3) is 8.63. The zero-order valence-electron chi connectivity index (χ0n) is 22.9. The van der Waals surface area contributed by atoms with Gasteiger partial charge in [-0.25, -0.2) is 0 Å². The van der Waals surface area contributed by atoms with Crippen molar-refractivity contribution in [3.8, 4) is 5.75 Å². The van der Waals surface area contributed by atoms with Crippen LogP contribution in [0.3, 0.4) is 0 Å². The van der Waals surface area contributed by atoms with Gasteiger partial charge in [0.05, 0.1) is 0 Å². The van der Waals surface area contributed by atoms with Gasteiger partial charge in [0.15, 0.2) is 6.61 Å². The highest BCUT2D eigenvalue weighted by Gasteiger charge is 2.31. The molecule has 0 aromatic heterocycles. The number of hydrogen-bond acceptors (Lipinski definition) is 3. The van der Waals surface area contributed by atoms with Crippen LogP contribution in [0.25, 0.3) is 0 Å². The first kappa shape index (κ1) is 29.2. The number of amides is 2. The summed E-state index contributed by atoms with van der Waals surface area (Å²) in [7, 11) is 0. The lowest BCUT2D eigenvalue weighted by Gasteiger charge is -2.31. The van der Waals surface area contributed by atoms with Crippen molar-refractivity contribution in [3.63, 3.8) is 0 Å². The molecule has 5 nitrogen and oxygen atoms in total. The molecule has 0 aliphatic carbocycles. The molecule has 0 spiro atoms. The van der Waals surface area contributed by atoms with Gasteiger partial charge in [0.25, 0.3) is 5.91 Å². The highest BCUT2D eigenvalue weighted by atomic mass is 35.5. The van der Waals surface area contributed by atoms with Crippen molar-refractivity contribution in [1.29, 1.82) is 0 Å². The molecule has 0 aliphatic heterocycles. The van der Waals surface area contributed by atoms with E-state index in [1.165, 1.54) is 5.56 Å². The molecule has 3 rings (SSSR count). The summed E-state index contributed by atoms with van der Waals surface area (Å²) in [6.45, 7) is 9.10. The molecule has 1 N–H and O–H groups in total. The molecule has 6 heteroatoms. The van der Waals surface area contributed by atoms with E-state index < -0.39 is 6.04 Å². The maximum Gasteiger partial charge on any atom is 0.261 e. The second-order valence-corrected chi connectivity index (χ2v) is 10.9. The fourth-order valence-electron chi connectivity index (χ4n) is 4.15. The topological polar surface area (TPSA) is 58.6 Å². The van der Waals surface area contributed by atoms with Crippen molar-refractivity contribution in [2.24, 2.45) is 0 Å². The molecule has 1 atom stereocenters. The molecule has 1 unspecified atom stereocenters. The van der Waals surface area contributed by atoms with Gasteiger partial charge < -0.3 is 15.0 Å². The van der Waals surface area contributed by atoms with Crippen molar-refractivity contribution in [3.05, 3.63) is 101 Å². The average molecular weight is 535 g/mol. The molecule has 0 saturated carbocycles. The fraction of sp³-hybridized carbons (Fsp3) is 0.375. The van der Waals surface area contributed by atoms with Crippen LogP contribution in [0.1, 0.15) is 57.2 Å². The van der Waals surface area contributed by atoms with E-state index in [2.05, 4.69) is 33.0 Å². The highest BCUT2D eigenvalue weighted by Crippen LogP contribution is 2.25. The van der Waals surface area contributed by atoms with Gasteiger partial charge in [0.2, 0.25) is 5.91 Å². The number of benzene rings is 3. The van der Waals surface area contributed by atoms with Crippen LogP contribution in [0.15, 0.2) is 78.9 Å². The number of halogens is 1. The first-order valence-electron chi connectivity index (χ1n) is 13.3. The predicted octanol–water partition coefficient (Wildman–Crippen LogP) is 6.57. The molecule has 38 heavy (non-hydrogen) atoms. The minimum absolute atomic E-state index is 0.0237. The minimum Gasteiger partial charge on any atom is -0.484 e. The van der Waals surface area contributed by atoms with E-state index in [1.54, 1.807) is 11.0 Å². The number of carbonyl (C=O) groups excluding carboxylic acids is 2. The molecule has 0 fully saturated rings. The number of carbonyl (C=O) groups is 2. The van der Waals surface area contributed by atoms with Gasteiger partial charge in [-0.05, 0) is 46.7 Å². The van der Waals surface area contributed by atoms with E-state index >= 15 is 0 Å². The normalized spacial score (nSPS) is 12.0. The summed E-state index contributed by atoms with van der Waals surface area (Å²) in [5, 5.41) is 3.58. The Hall–Kier alpha value is -3.31. The monoisotopic (exact) mass is 534 g/mol. The smallest absolute Gasteiger partial charge is 0.261 e. The van der Waals surface area contributed by atoms with Crippen molar-refractivity contribution in [1.82, 2.24) is 10.2 Å².